The molecule has 3 amide bonds. The molecule has 6 nitrogen and oxygen atoms in total. The van der Waals surface area contributed by atoms with Crippen LogP contribution in [0.2, 0.25) is 0 Å². The van der Waals surface area contributed by atoms with Gasteiger partial charge in [0.2, 0.25) is 5.91 Å². The first-order valence-corrected chi connectivity index (χ1v) is 8.74. The van der Waals surface area contributed by atoms with Gasteiger partial charge in [-0.25, -0.2) is 9.18 Å². The van der Waals surface area contributed by atoms with Crippen LogP contribution in [0.3, 0.4) is 0 Å². The van der Waals surface area contributed by atoms with Crippen molar-refractivity contribution in [2.75, 3.05) is 33.2 Å². The van der Waals surface area contributed by atoms with Gasteiger partial charge in [0, 0.05) is 44.7 Å². The summed E-state index contributed by atoms with van der Waals surface area (Å²) < 4.78 is 13.2. The number of halogens is 1. The predicted molar refractivity (Wildman–Crippen MR) is 92.4 cm³/mol. The Morgan fingerprint density at radius 3 is 3.00 bits per heavy atom. The summed E-state index contributed by atoms with van der Waals surface area (Å²) in [4.78, 5) is 28.3. The molecule has 2 aliphatic heterocycles. The summed E-state index contributed by atoms with van der Waals surface area (Å²) in [6, 6.07) is 6.10. The van der Waals surface area contributed by atoms with Gasteiger partial charge in [0.05, 0.1) is 0 Å². The van der Waals surface area contributed by atoms with Crippen molar-refractivity contribution in [3.63, 3.8) is 0 Å². The Kier molecular flexibility index (Phi) is 5.22. The Balaban J connectivity index is 1.62. The largest absolute Gasteiger partial charge is 0.356 e. The standard InChI is InChI=1S/C18H25FN4O2/c1-22-9-10-23(13-18(22)6-5-16(24)20-8-7-18)17(25)21-12-14-3-2-4-15(19)11-14/h2-4,11H,5-10,12-13H2,1H3,(H,20,24)(H,21,25)/t18-/m0/s1. The van der Waals surface area contributed by atoms with E-state index in [4.69, 9.17) is 0 Å². The first-order valence-electron chi connectivity index (χ1n) is 8.74. The number of carbonyl (C=O) groups excluding carboxylic acids is 2. The first-order chi connectivity index (χ1) is 12.0. The molecule has 0 aliphatic carbocycles. The molecule has 2 N–H and O–H groups in total. The van der Waals surface area contributed by atoms with Gasteiger partial charge in [0.1, 0.15) is 5.82 Å². The van der Waals surface area contributed by atoms with E-state index >= 15 is 0 Å². The quantitative estimate of drug-likeness (QED) is 0.847. The van der Waals surface area contributed by atoms with E-state index in [1.807, 2.05) is 4.90 Å². The number of urea groups is 1. The molecule has 0 bridgehead atoms. The number of rotatable bonds is 2. The van der Waals surface area contributed by atoms with Crippen molar-refractivity contribution in [3.8, 4) is 0 Å². The summed E-state index contributed by atoms with van der Waals surface area (Å²) in [6.07, 6.45) is 2.08. The van der Waals surface area contributed by atoms with E-state index in [0.717, 1.165) is 24.9 Å². The molecule has 2 aliphatic rings. The number of piperazine rings is 1. The highest BCUT2D eigenvalue weighted by molar-refractivity contribution is 5.76. The topological polar surface area (TPSA) is 64.7 Å². The number of carbonyl (C=O) groups is 2. The molecule has 0 saturated carbocycles. The normalized spacial score (nSPS) is 24.7. The predicted octanol–water partition coefficient (Wildman–Crippen LogP) is 1.32. The van der Waals surface area contributed by atoms with E-state index in [-0.39, 0.29) is 23.3 Å². The Bertz CT molecular complexity index is 654. The number of hydrogen-bond acceptors (Lipinski definition) is 3. The molecule has 0 aromatic heterocycles. The minimum Gasteiger partial charge on any atom is -0.356 e. The summed E-state index contributed by atoms with van der Waals surface area (Å²) in [5.41, 5.74) is 0.578. The molecule has 25 heavy (non-hydrogen) atoms. The molecule has 7 heteroatoms. The van der Waals surface area contributed by atoms with Crippen LogP contribution in [0.25, 0.3) is 0 Å². The summed E-state index contributed by atoms with van der Waals surface area (Å²) >= 11 is 0. The highest BCUT2D eigenvalue weighted by Gasteiger charge is 2.42. The molecule has 2 saturated heterocycles. The molecular formula is C18H25FN4O2. The molecule has 0 radical (unpaired) electrons. The lowest BCUT2D eigenvalue weighted by molar-refractivity contribution is -0.121. The molecular weight excluding hydrogens is 323 g/mol. The zero-order valence-electron chi connectivity index (χ0n) is 14.6. The second kappa shape index (κ2) is 7.39. The van der Waals surface area contributed by atoms with Crippen LogP contribution in [0.15, 0.2) is 24.3 Å². The van der Waals surface area contributed by atoms with Crippen molar-refractivity contribution in [1.82, 2.24) is 20.4 Å². The zero-order valence-corrected chi connectivity index (χ0v) is 14.6. The van der Waals surface area contributed by atoms with E-state index < -0.39 is 0 Å². The van der Waals surface area contributed by atoms with Crippen LogP contribution in [-0.2, 0) is 11.3 Å². The molecule has 1 spiro atoms. The molecule has 0 unspecified atom stereocenters. The number of hydrogen-bond donors (Lipinski definition) is 2. The summed E-state index contributed by atoms with van der Waals surface area (Å²) in [7, 11) is 2.07. The van der Waals surface area contributed by atoms with E-state index in [0.29, 0.717) is 32.6 Å². The number of likely N-dealkylation sites (N-methyl/N-ethyl adjacent to an activating group) is 1. The highest BCUT2D eigenvalue weighted by Crippen LogP contribution is 2.30. The van der Waals surface area contributed by atoms with Gasteiger partial charge in [-0.15, -0.1) is 0 Å². The third-order valence-electron chi connectivity index (χ3n) is 5.35. The van der Waals surface area contributed by atoms with Crippen LogP contribution < -0.4 is 10.6 Å². The maximum Gasteiger partial charge on any atom is 0.317 e. The molecule has 3 rings (SSSR count). The van der Waals surface area contributed by atoms with Gasteiger partial charge >= 0.3 is 6.03 Å². The lowest BCUT2D eigenvalue weighted by Gasteiger charge is -2.49. The summed E-state index contributed by atoms with van der Waals surface area (Å²) in [5.74, 6) is -0.223. The van der Waals surface area contributed by atoms with Crippen molar-refractivity contribution in [2.45, 2.75) is 31.3 Å². The van der Waals surface area contributed by atoms with Crippen molar-refractivity contribution in [1.29, 1.82) is 0 Å². The van der Waals surface area contributed by atoms with Crippen molar-refractivity contribution < 1.29 is 14.0 Å². The van der Waals surface area contributed by atoms with Crippen molar-refractivity contribution in [3.05, 3.63) is 35.6 Å². The van der Waals surface area contributed by atoms with E-state index in [2.05, 4.69) is 22.6 Å². The minimum atomic E-state index is -0.305. The average molecular weight is 348 g/mol. The molecule has 2 fully saturated rings. The Morgan fingerprint density at radius 1 is 1.36 bits per heavy atom. The number of benzene rings is 1. The fourth-order valence-electron chi connectivity index (χ4n) is 3.71. The molecule has 1 aromatic carbocycles. The number of nitrogens with zero attached hydrogens (tertiary/aromatic N) is 2. The van der Waals surface area contributed by atoms with E-state index in [9.17, 15) is 14.0 Å². The molecule has 1 aromatic rings. The Hall–Kier alpha value is -2.15. The lowest BCUT2D eigenvalue weighted by atomic mass is 9.86. The maximum atomic E-state index is 13.2. The van der Waals surface area contributed by atoms with Gasteiger partial charge in [-0.05, 0) is 37.6 Å². The molecule has 1 atom stereocenters. The summed E-state index contributed by atoms with van der Waals surface area (Å²) in [5, 5.41) is 5.79. The fraction of sp³-hybridized carbons (Fsp3) is 0.556. The fourth-order valence-corrected chi connectivity index (χ4v) is 3.71. The number of nitrogens with one attached hydrogen (secondary N) is 2. The zero-order chi connectivity index (χ0) is 17.9. The Morgan fingerprint density at radius 2 is 2.20 bits per heavy atom. The van der Waals surface area contributed by atoms with Gasteiger partial charge in [-0.3, -0.25) is 9.69 Å². The molecule has 136 valence electrons. The van der Waals surface area contributed by atoms with Gasteiger partial charge in [0.15, 0.2) is 0 Å². The monoisotopic (exact) mass is 348 g/mol. The van der Waals surface area contributed by atoms with E-state index in [1.54, 1.807) is 12.1 Å². The van der Waals surface area contributed by atoms with Crippen LogP contribution in [0.4, 0.5) is 9.18 Å². The third kappa shape index (κ3) is 4.10. The SMILES string of the molecule is CN1CCN(C(=O)NCc2cccc(F)c2)C[C@]12CCNC(=O)CC2. The maximum absolute atomic E-state index is 13.2. The smallest absolute Gasteiger partial charge is 0.317 e. The van der Waals surface area contributed by atoms with Crippen LogP contribution in [-0.4, -0.2) is 60.5 Å². The highest BCUT2D eigenvalue weighted by atomic mass is 19.1. The first kappa shape index (κ1) is 17.7. The summed E-state index contributed by atoms with van der Waals surface area (Å²) in [6.45, 7) is 2.97. The van der Waals surface area contributed by atoms with Crippen LogP contribution >= 0.6 is 0 Å². The van der Waals surface area contributed by atoms with Crippen LogP contribution in [0.1, 0.15) is 24.8 Å². The second-order valence-electron chi connectivity index (χ2n) is 6.96. The van der Waals surface area contributed by atoms with Gasteiger partial charge in [-0.2, -0.15) is 0 Å². The Labute approximate surface area is 147 Å². The molecule has 2 heterocycles. The average Bonchev–Trinajstić information content (AvgIpc) is 2.78. The van der Waals surface area contributed by atoms with Crippen LogP contribution in [0.5, 0.6) is 0 Å². The second-order valence-corrected chi connectivity index (χ2v) is 6.96. The number of amides is 3. The van der Waals surface area contributed by atoms with Crippen molar-refractivity contribution >= 4 is 11.9 Å². The van der Waals surface area contributed by atoms with Gasteiger partial charge in [0.25, 0.3) is 0 Å². The minimum absolute atomic E-state index is 0.0814. The van der Waals surface area contributed by atoms with Gasteiger partial charge < -0.3 is 15.5 Å². The lowest BCUT2D eigenvalue weighted by Crippen LogP contribution is -2.63. The van der Waals surface area contributed by atoms with Crippen molar-refractivity contribution in [2.24, 2.45) is 0 Å². The third-order valence-corrected chi connectivity index (χ3v) is 5.35. The van der Waals surface area contributed by atoms with Crippen LogP contribution in [0, 0.1) is 5.82 Å². The van der Waals surface area contributed by atoms with Gasteiger partial charge in [-0.1, -0.05) is 12.1 Å². The van der Waals surface area contributed by atoms with E-state index in [1.165, 1.54) is 12.1 Å².